The Balaban J connectivity index is 0.000000143. The number of rotatable bonds is 16. The number of hydrogen-bond acceptors (Lipinski definition) is 25. The average molecular weight is 1690 g/mol. The molecule has 0 radical (unpaired) electrons. The first-order chi connectivity index (χ1) is 59.8. The van der Waals surface area contributed by atoms with Crippen LogP contribution in [0.4, 0.5) is 19.2 Å². The number of nitrogens with two attached hydrogens (primary N) is 3. The molecule has 4 atom stereocenters. The summed E-state index contributed by atoms with van der Waals surface area (Å²) in [7, 11) is 7.27. The molecule has 630 valence electrons. The first-order valence-electron chi connectivity index (χ1n) is 37.1. The van der Waals surface area contributed by atoms with Crippen LogP contribution in [0.5, 0.6) is 23.0 Å². The number of fused-ring (bicyclic) bond motifs is 4. The van der Waals surface area contributed by atoms with Crippen LogP contribution in [-0.2, 0) is 50.1 Å². The Bertz CT molecular complexity index is 6270. The van der Waals surface area contributed by atoms with Crippen LogP contribution < -0.4 is 78.7 Å². The third-order valence-corrected chi connectivity index (χ3v) is 20.2. The van der Waals surface area contributed by atoms with Gasteiger partial charge in [-0.25, -0.2) is 33.9 Å². The molecule has 4 aromatic heterocycles. The molecule has 12 heterocycles. The van der Waals surface area contributed by atoms with Gasteiger partial charge in [-0.1, -0.05) is 71.6 Å². The zero-order valence-corrected chi connectivity index (χ0v) is 66.4. The van der Waals surface area contributed by atoms with Crippen LogP contribution in [0.3, 0.4) is 0 Å². The number of aromatic nitrogens is 4. The van der Waals surface area contributed by atoms with Crippen LogP contribution in [0.1, 0.15) is 128 Å². The van der Waals surface area contributed by atoms with E-state index in [9.17, 15) is 76.7 Å². The molecule has 40 nitrogen and oxygen atoms in total. The van der Waals surface area contributed by atoms with E-state index in [-0.39, 0.29) is 104 Å². The van der Waals surface area contributed by atoms with Crippen molar-refractivity contribution in [1.29, 1.82) is 0 Å². The van der Waals surface area contributed by atoms with E-state index in [1.165, 1.54) is 129 Å². The lowest BCUT2D eigenvalue weighted by Gasteiger charge is -2.26. The fraction of sp³-hybridized carbons (Fsp3) is 0.200. The lowest BCUT2D eigenvalue weighted by Crippen LogP contribution is -2.54. The van der Waals surface area contributed by atoms with Gasteiger partial charge in [0.15, 0.2) is 0 Å². The zero-order valence-electron chi connectivity index (χ0n) is 66.4. The van der Waals surface area contributed by atoms with E-state index in [0.29, 0.717) is 61.9 Å². The number of esters is 1. The number of imide groups is 4. The fourth-order valence-corrected chi connectivity index (χ4v) is 13.8. The first-order valence-corrected chi connectivity index (χ1v) is 37.1. The Kier molecular flexibility index (Phi) is 24.0. The van der Waals surface area contributed by atoms with E-state index in [0.717, 1.165) is 22.3 Å². The second-order valence-electron chi connectivity index (χ2n) is 28.3. The molecule has 0 unspecified atom stereocenters. The van der Waals surface area contributed by atoms with Gasteiger partial charge in [0, 0.05) is 96.1 Å². The smallest absolute Gasteiger partial charge is 0.356 e. The Morgan fingerprint density at radius 3 is 1.00 bits per heavy atom. The van der Waals surface area contributed by atoms with Crippen molar-refractivity contribution in [3.63, 3.8) is 0 Å². The number of carbonyl (C=O) groups is 16. The molecular weight excluding hydrogens is 1620 g/mol. The number of nitrogens with one attached hydrogen (secondary N) is 8. The van der Waals surface area contributed by atoms with Crippen molar-refractivity contribution < 1.29 is 100 Å². The van der Waals surface area contributed by atoms with Crippen LogP contribution >= 0.6 is 0 Å². The van der Waals surface area contributed by atoms with Gasteiger partial charge >= 0.3 is 30.1 Å². The summed E-state index contributed by atoms with van der Waals surface area (Å²) in [6.07, 6.45) is 6.76. The summed E-state index contributed by atoms with van der Waals surface area (Å²) in [5.41, 5.74) is 15.8. The van der Waals surface area contributed by atoms with Gasteiger partial charge in [-0.2, -0.15) is 0 Å². The summed E-state index contributed by atoms with van der Waals surface area (Å²) in [5.74, 6) is 17.7. The number of primary amides is 3. The predicted octanol–water partition coefficient (Wildman–Crippen LogP) is -0.213. The van der Waals surface area contributed by atoms with Gasteiger partial charge in [-0.05, 0) is 113 Å². The molecular formula is C85H69N19O21. The van der Waals surface area contributed by atoms with Gasteiger partial charge in [-0.15, -0.1) is 0 Å². The molecule has 125 heavy (non-hydrogen) atoms. The van der Waals surface area contributed by atoms with Crippen molar-refractivity contribution in [3.8, 4) is 70.4 Å². The van der Waals surface area contributed by atoms with Crippen molar-refractivity contribution in [2.75, 3.05) is 61.7 Å². The van der Waals surface area contributed by atoms with Crippen molar-refractivity contribution in [2.45, 2.75) is 48.3 Å². The molecule has 0 bridgehead atoms. The van der Waals surface area contributed by atoms with Crippen LogP contribution in [0, 0.1) is 47.4 Å². The van der Waals surface area contributed by atoms with Crippen molar-refractivity contribution in [2.24, 2.45) is 17.2 Å². The summed E-state index contributed by atoms with van der Waals surface area (Å²) in [5, 5.41) is 18.8. The highest BCUT2D eigenvalue weighted by Crippen LogP contribution is 2.34. The van der Waals surface area contributed by atoms with Crippen LogP contribution in [0.15, 0.2) is 146 Å². The molecule has 0 spiro atoms. The topological polar surface area (TPSA) is 558 Å². The summed E-state index contributed by atoms with van der Waals surface area (Å²) in [4.78, 5) is 217. The second-order valence-corrected chi connectivity index (χ2v) is 28.3. The molecule has 8 aliphatic heterocycles. The lowest BCUT2D eigenvalue weighted by atomic mass is 9.98. The molecule has 14 N–H and O–H groups in total. The molecule has 4 aromatic carbocycles. The normalized spacial score (nSPS) is 19.2. The molecule has 4 saturated heterocycles. The van der Waals surface area contributed by atoms with E-state index < -0.39 is 93.6 Å². The van der Waals surface area contributed by atoms with Gasteiger partial charge in [0.25, 0.3) is 59.1 Å². The number of urea groups is 4. The minimum atomic E-state index is -1.70. The van der Waals surface area contributed by atoms with Crippen molar-refractivity contribution >= 4 is 95.1 Å². The highest BCUT2D eigenvalue weighted by atomic mass is 16.5. The standard InChI is InChI=1S/C22H18N4O6.3C21H17N5O5/c1-31-15-5-4-14-11-26(18(27)16(14)9-15)12-22(20(29)24-21(30)25-22)8-7-13-3-6-17(23-10-13)19(28)32-2;1-31-14-4-3-13-10-26(18(28)15(13)8-14)11-21(19(29)24-20(30)25-21)7-6-12-2-5-16(17(22)27)23-9-12;1-31-14-3-2-13-10-26(18(28)16(13)8-14)11-21(19(29)24-20(30)25-21)6-4-12-9-23-7-5-15(12)17(22)27;1-31-14-3-2-13-10-26(18(28)15(13)9-14)11-21(19(29)24-20(30)25-21)6-4-12-5-7-23-16(8-12)17(22)27/h3-6,9-10H,11-12H2,1-2H3,(H2,24,25,29,30);2-5,8-9H,10-11H2,1H3,(H2,22,27)(H2,24,25,29,30);2*2-3,5,7-9H,10-11H2,1H3,(H2,22,27)(H2,24,25,29,30)/t22-;3*21-/m1111/s1. The van der Waals surface area contributed by atoms with Gasteiger partial charge in [0.2, 0.25) is 28.1 Å². The Labute approximate surface area is 707 Å². The van der Waals surface area contributed by atoms with E-state index >= 15 is 0 Å². The SMILES string of the molecule is COC(=O)c1ccc(C#C[C@]2(CN3Cc4ccc(OC)cc4C3=O)NC(=O)NC2=O)cn1.COc1ccc2c(c1)C(=O)N(C[C@@]1(C#Cc3ccc(C(N)=O)nc3)NC(=O)NC1=O)C2.COc1ccc2c(c1)C(=O)N(C[C@@]1(C#Cc3ccnc(C(N)=O)c3)NC(=O)NC1=O)C2.COc1ccc2c(c1)C(=O)N(C[C@@]1(C#Cc3cnccc3C(N)=O)NC(=O)NC1=O)C2. The number of ether oxygens (including phenoxy) is 5. The van der Waals surface area contributed by atoms with E-state index in [2.05, 4.69) is 115 Å². The Hall–Kier alpha value is -17.6. The number of benzene rings is 4. The molecule has 40 heteroatoms. The molecule has 4 fully saturated rings. The number of hydrogen-bond donors (Lipinski definition) is 11. The first kappa shape index (κ1) is 85.3. The van der Waals surface area contributed by atoms with Gasteiger partial charge in [0.05, 0.1) is 72.9 Å². The van der Waals surface area contributed by atoms with Gasteiger partial charge < -0.3 is 81.8 Å². The minimum absolute atomic E-state index is 0.0138. The van der Waals surface area contributed by atoms with E-state index in [4.69, 9.17) is 36.1 Å². The number of pyridine rings is 4. The van der Waals surface area contributed by atoms with E-state index in [1.807, 2.05) is 0 Å². The van der Waals surface area contributed by atoms with Crippen molar-refractivity contribution in [1.82, 2.24) is 82.1 Å². The van der Waals surface area contributed by atoms with Crippen LogP contribution in [0.25, 0.3) is 0 Å². The molecule has 0 aliphatic carbocycles. The maximum Gasteiger partial charge on any atom is 0.356 e. The van der Waals surface area contributed by atoms with Gasteiger partial charge in [-0.3, -0.25) is 84.0 Å². The summed E-state index contributed by atoms with van der Waals surface area (Å²) < 4.78 is 25.3. The fourth-order valence-electron chi connectivity index (χ4n) is 13.8. The minimum Gasteiger partial charge on any atom is -0.497 e. The number of nitrogens with zero attached hydrogens (tertiary/aromatic N) is 8. The van der Waals surface area contributed by atoms with Crippen LogP contribution in [-0.4, -0.2) is 218 Å². The Morgan fingerprint density at radius 2 is 0.704 bits per heavy atom. The van der Waals surface area contributed by atoms with E-state index in [1.54, 1.807) is 72.8 Å². The molecule has 0 saturated carbocycles. The quantitative estimate of drug-likeness (QED) is 0.0339. The number of carbonyl (C=O) groups excluding carboxylic acids is 16. The van der Waals surface area contributed by atoms with Gasteiger partial charge in [0.1, 0.15) is 40.1 Å². The summed E-state index contributed by atoms with van der Waals surface area (Å²) in [6, 6.07) is 28.0. The maximum atomic E-state index is 12.9. The predicted molar refractivity (Wildman–Crippen MR) is 430 cm³/mol. The summed E-state index contributed by atoms with van der Waals surface area (Å²) in [6.45, 7) is 0.359. The highest BCUT2D eigenvalue weighted by molar-refractivity contribution is 6.13. The van der Waals surface area contributed by atoms with Crippen LogP contribution in [0.2, 0.25) is 0 Å². The summed E-state index contributed by atoms with van der Waals surface area (Å²) >= 11 is 0. The molecule has 16 rings (SSSR count). The Morgan fingerprint density at radius 1 is 0.368 bits per heavy atom. The lowest BCUT2D eigenvalue weighted by molar-refractivity contribution is -0.123. The molecule has 8 aromatic rings. The number of methoxy groups -OCH3 is 5. The third-order valence-electron chi connectivity index (χ3n) is 20.2. The van der Waals surface area contributed by atoms with Crippen molar-refractivity contribution in [3.05, 3.63) is 236 Å². The molecule has 19 amide bonds. The zero-order chi connectivity index (χ0) is 89.4. The largest absolute Gasteiger partial charge is 0.497 e. The average Bonchev–Trinajstić information content (AvgIpc) is 1.63. The monoisotopic (exact) mass is 1690 g/mol. The maximum absolute atomic E-state index is 12.9. The molecule has 8 aliphatic rings. The third kappa shape index (κ3) is 18.1. The highest BCUT2D eigenvalue weighted by Gasteiger charge is 2.53. The second kappa shape index (κ2) is 35.2. The number of amides is 19.